The van der Waals surface area contributed by atoms with E-state index in [0.717, 1.165) is 56.3 Å². The van der Waals surface area contributed by atoms with E-state index < -0.39 is 0 Å². The fourth-order valence-corrected chi connectivity index (χ4v) is 3.79. The Hall–Kier alpha value is -0.830. The molecule has 1 unspecified atom stereocenters. The van der Waals surface area contributed by atoms with Gasteiger partial charge in [-0.3, -0.25) is 4.79 Å². The molecule has 1 fully saturated rings. The predicted octanol–water partition coefficient (Wildman–Crippen LogP) is 3.38. The first kappa shape index (κ1) is 13.2. The number of rotatable bonds is 2. The average molecular weight is 264 g/mol. The third-order valence-corrected chi connectivity index (χ3v) is 5.01. The van der Waals surface area contributed by atoms with Crippen LogP contribution >= 0.6 is 0 Å². The number of methoxy groups -OCH3 is 1. The van der Waals surface area contributed by atoms with Gasteiger partial charge in [0.05, 0.1) is 6.10 Å². The Morgan fingerprint density at radius 1 is 1.11 bits per heavy atom. The summed E-state index contributed by atoms with van der Waals surface area (Å²) in [4.78, 5) is 12.2. The molecule has 0 N–H and O–H groups in total. The van der Waals surface area contributed by atoms with Gasteiger partial charge in [0.15, 0.2) is 5.78 Å². The molecule has 3 heteroatoms. The van der Waals surface area contributed by atoms with Gasteiger partial charge in [0, 0.05) is 25.5 Å². The quantitative estimate of drug-likeness (QED) is 0.767. The summed E-state index contributed by atoms with van der Waals surface area (Å²) in [6, 6.07) is 0. The molecule has 3 nitrogen and oxygen atoms in total. The van der Waals surface area contributed by atoms with Gasteiger partial charge in [0.25, 0.3) is 0 Å². The maximum Gasteiger partial charge on any atom is 0.165 e. The van der Waals surface area contributed by atoms with Gasteiger partial charge in [0.2, 0.25) is 0 Å². The van der Waals surface area contributed by atoms with Crippen LogP contribution in [0.5, 0.6) is 0 Å². The Balaban J connectivity index is 1.65. The van der Waals surface area contributed by atoms with Crippen molar-refractivity contribution in [1.29, 1.82) is 0 Å². The van der Waals surface area contributed by atoms with Crippen molar-refractivity contribution in [2.45, 2.75) is 70.0 Å². The lowest BCUT2D eigenvalue weighted by Gasteiger charge is -2.37. The molecule has 3 aliphatic rings. The summed E-state index contributed by atoms with van der Waals surface area (Å²) in [6.07, 6.45) is 9.92. The molecule has 0 aromatic rings. The lowest BCUT2D eigenvalue weighted by molar-refractivity contribution is -0.122. The molecule has 0 spiro atoms. The first-order chi connectivity index (χ1) is 9.28. The Morgan fingerprint density at radius 2 is 1.84 bits per heavy atom. The summed E-state index contributed by atoms with van der Waals surface area (Å²) in [5, 5.41) is 0. The van der Waals surface area contributed by atoms with E-state index in [-0.39, 0.29) is 6.10 Å². The van der Waals surface area contributed by atoms with Crippen molar-refractivity contribution < 1.29 is 14.3 Å². The minimum absolute atomic E-state index is 0.141. The number of carbonyl (C=O) groups is 1. The van der Waals surface area contributed by atoms with Crippen molar-refractivity contribution in [2.75, 3.05) is 7.11 Å². The standard InChI is InChI=1S/C16H24O3/c1-18-12-8-6-11(7-9-12)16-10-14(17)13-4-2-3-5-15(13)19-16/h11-12,16H,2-10H2,1H3. The van der Waals surface area contributed by atoms with Gasteiger partial charge < -0.3 is 9.47 Å². The highest BCUT2D eigenvalue weighted by atomic mass is 16.5. The van der Waals surface area contributed by atoms with Crippen LogP contribution in [0.15, 0.2) is 11.3 Å². The Bertz CT molecular complexity index is 377. The van der Waals surface area contributed by atoms with Crippen LogP contribution in [-0.2, 0) is 14.3 Å². The fourth-order valence-electron chi connectivity index (χ4n) is 3.79. The fraction of sp³-hybridized carbons (Fsp3) is 0.812. The van der Waals surface area contributed by atoms with Gasteiger partial charge in [0.1, 0.15) is 11.9 Å². The Morgan fingerprint density at radius 3 is 2.58 bits per heavy atom. The molecule has 1 aliphatic heterocycles. The normalized spacial score (nSPS) is 35.8. The van der Waals surface area contributed by atoms with E-state index in [1.54, 1.807) is 7.11 Å². The number of allylic oxidation sites excluding steroid dienone is 2. The minimum atomic E-state index is 0.141. The Labute approximate surface area is 115 Å². The minimum Gasteiger partial charge on any atom is -0.494 e. The van der Waals surface area contributed by atoms with Gasteiger partial charge in [-0.1, -0.05) is 0 Å². The zero-order chi connectivity index (χ0) is 13.2. The largest absolute Gasteiger partial charge is 0.494 e. The number of hydrogen-bond acceptors (Lipinski definition) is 3. The molecule has 0 bridgehead atoms. The zero-order valence-corrected chi connectivity index (χ0v) is 11.8. The van der Waals surface area contributed by atoms with Crippen molar-refractivity contribution in [3.05, 3.63) is 11.3 Å². The van der Waals surface area contributed by atoms with E-state index in [0.29, 0.717) is 24.2 Å². The van der Waals surface area contributed by atoms with Crippen LogP contribution in [0.25, 0.3) is 0 Å². The third kappa shape index (κ3) is 2.71. The third-order valence-electron chi connectivity index (χ3n) is 5.01. The predicted molar refractivity (Wildman–Crippen MR) is 72.7 cm³/mol. The summed E-state index contributed by atoms with van der Waals surface area (Å²) >= 11 is 0. The lowest BCUT2D eigenvalue weighted by Crippen LogP contribution is -2.36. The zero-order valence-electron chi connectivity index (χ0n) is 11.8. The summed E-state index contributed by atoms with van der Waals surface area (Å²) in [6.45, 7) is 0. The molecule has 2 aliphatic carbocycles. The summed E-state index contributed by atoms with van der Waals surface area (Å²) < 4.78 is 11.6. The van der Waals surface area contributed by atoms with Crippen molar-refractivity contribution in [1.82, 2.24) is 0 Å². The molecule has 0 aromatic carbocycles. The molecule has 1 atom stereocenters. The molecule has 3 rings (SSSR count). The van der Waals surface area contributed by atoms with Crippen LogP contribution in [0, 0.1) is 5.92 Å². The van der Waals surface area contributed by atoms with Gasteiger partial charge in [-0.25, -0.2) is 0 Å². The lowest BCUT2D eigenvalue weighted by atomic mass is 9.79. The topological polar surface area (TPSA) is 35.5 Å². The van der Waals surface area contributed by atoms with Crippen molar-refractivity contribution in [3.8, 4) is 0 Å². The molecular weight excluding hydrogens is 240 g/mol. The SMILES string of the molecule is COC1CCC(C2CC(=O)C3=C(CCCC3)O2)CC1. The first-order valence-electron chi connectivity index (χ1n) is 7.72. The van der Waals surface area contributed by atoms with Gasteiger partial charge in [-0.05, 0) is 50.9 Å². The maximum absolute atomic E-state index is 12.2. The molecule has 19 heavy (non-hydrogen) atoms. The van der Waals surface area contributed by atoms with Crippen LogP contribution in [-0.4, -0.2) is 25.1 Å². The highest BCUT2D eigenvalue weighted by Crippen LogP contribution is 2.38. The second-order valence-electron chi connectivity index (χ2n) is 6.16. The summed E-state index contributed by atoms with van der Waals surface area (Å²) in [7, 11) is 1.80. The molecule has 0 aromatic heterocycles. The molecule has 0 amide bonds. The first-order valence-corrected chi connectivity index (χ1v) is 7.72. The van der Waals surface area contributed by atoms with Crippen LogP contribution in [0.1, 0.15) is 57.8 Å². The molecule has 106 valence electrons. The smallest absolute Gasteiger partial charge is 0.165 e. The van der Waals surface area contributed by atoms with E-state index in [9.17, 15) is 4.79 Å². The molecule has 0 radical (unpaired) electrons. The summed E-state index contributed by atoms with van der Waals surface area (Å²) in [5.41, 5.74) is 1.01. The number of carbonyl (C=O) groups excluding carboxylic acids is 1. The van der Waals surface area contributed by atoms with Crippen LogP contribution in [0.2, 0.25) is 0 Å². The van der Waals surface area contributed by atoms with Gasteiger partial charge in [-0.2, -0.15) is 0 Å². The van der Waals surface area contributed by atoms with Crippen LogP contribution in [0.4, 0.5) is 0 Å². The average Bonchev–Trinajstić information content (AvgIpc) is 2.47. The molecule has 0 saturated heterocycles. The van der Waals surface area contributed by atoms with E-state index >= 15 is 0 Å². The van der Waals surface area contributed by atoms with Crippen LogP contribution in [0.3, 0.4) is 0 Å². The summed E-state index contributed by atoms with van der Waals surface area (Å²) in [5.74, 6) is 1.94. The van der Waals surface area contributed by atoms with Gasteiger partial charge >= 0.3 is 0 Å². The second kappa shape index (κ2) is 5.66. The molecule has 1 heterocycles. The van der Waals surface area contributed by atoms with Crippen molar-refractivity contribution in [3.63, 3.8) is 0 Å². The van der Waals surface area contributed by atoms with Crippen molar-refractivity contribution in [2.24, 2.45) is 5.92 Å². The monoisotopic (exact) mass is 264 g/mol. The van der Waals surface area contributed by atoms with E-state index in [4.69, 9.17) is 9.47 Å². The highest BCUT2D eigenvalue weighted by molar-refractivity contribution is 5.96. The number of ether oxygens (including phenoxy) is 2. The highest BCUT2D eigenvalue weighted by Gasteiger charge is 2.36. The number of Topliss-reactive ketones (excluding diaryl/α,β-unsaturated/α-hetero) is 1. The number of ketones is 1. The van der Waals surface area contributed by atoms with Gasteiger partial charge in [-0.15, -0.1) is 0 Å². The molecular formula is C16H24O3. The van der Waals surface area contributed by atoms with E-state index in [1.807, 2.05) is 0 Å². The van der Waals surface area contributed by atoms with E-state index in [1.165, 1.54) is 6.42 Å². The second-order valence-corrected chi connectivity index (χ2v) is 6.16. The Kier molecular flexibility index (Phi) is 3.92. The number of hydrogen-bond donors (Lipinski definition) is 0. The van der Waals surface area contributed by atoms with Crippen LogP contribution < -0.4 is 0 Å². The van der Waals surface area contributed by atoms with E-state index in [2.05, 4.69) is 0 Å². The van der Waals surface area contributed by atoms with Crippen molar-refractivity contribution >= 4 is 5.78 Å². The molecule has 1 saturated carbocycles. The maximum atomic E-state index is 12.2.